The Kier molecular flexibility index (Phi) is 3.70. The first kappa shape index (κ1) is 13.1. The quantitative estimate of drug-likeness (QED) is 0.851. The van der Waals surface area contributed by atoms with E-state index in [2.05, 4.69) is 48.1 Å². The lowest BCUT2D eigenvalue weighted by molar-refractivity contribution is 0.252. The van der Waals surface area contributed by atoms with Crippen LogP contribution in [0.1, 0.15) is 29.7 Å². The molecule has 0 spiro atoms. The highest BCUT2D eigenvalue weighted by molar-refractivity contribution is 5.39. The van der Waals surface area contributed by atoms with E-state index in [1.165, 1.54) is 16.7 Å². The predicted molar refractivity (Wildman–Crippen MR) is 79.8 cm³/mol. The Balaban J connectivity index is 1.71. The molecule has 0 radical (unpaired) electrons. The normalized spacial score (nSPS) is 14.9. The zero-order valence-electron chi connectivity index (χ0n) is 12.0. The molecular formula is C17H20N2O. The topological polar surface area (TPSA) is 25.4 Å². The Morgan fingerprint density at radius 3 is 3.05 bits per heavy atom. The van der Waals surface area contributed by atoms with E-state index in [1.807, 2.05) is 18.5 Å². The standard InChI is InChI=1S/C17H20N2O/c1-13(16-4-3-8-18-11-16)19(2)12-14-5-6-17-15(10-14)7-9-20-17/h3-6,8,10-11,13H,7,9,12H2,1-2H3/t13-/m0/s1. The summed E-state index contributed by atoms with van der Waals surface area (Å²) in [7, 11) is 2.15. The molecule has 3 rings (SSSR count). The van der Waals surface area contributed by atoms with Gasteiger partial charge in [0, 0.05) is 31.4 Å². The van der Waals surface area contributed by atoms with Gasteiger partial charge in [-0.3, -0.25) is 9.88 Å². The molecule has 20 heavy (non-hydrogen) atoms. The van der Waals surface area contributed by atoms with Crippen molar-refractivity contribution in [2.24, 2.45) is 0 Å². The van der Waals surface area contributed by atoms with E-state index in [4.69, 9.17) is 4.74 Å². The van der Waals surface area contributed by atoms with Crippen molar-refractivity contribution in [2.45, 2.75) is 25.9 Å². The van der Waals surface area contributed by atoms with E-state index >= 15 is 0 Å². The average molecular weight is 268 g/mol. The summed E-state index contributed by atoms with van der Waals surface area (Å²) in [5, 5.41) is 0. The van der Waals surface area contributed by atoms with Gasteiger partial charge in [-0.15, -0.1) is 0 Å². The molecule has 104 valence electrons. The maximum absolute atomic E-state index is 5.55. The molecule has 0 aliphatic carbocycles. The molecule has 0 fully saturated rings. The van der Waals surface area contributed by atoms with E-state index in [-0.39, 0.29) is 0 Å². The van der Waals surface area contributed by atoms with Crippen LogP contribution in [0.3, 0.4) is 0 Å². The number of fused-ring (bicyclic) bond motifs is 1. The Hall–Kier alpha value is -1.87. The fourth-order valence-corrected chi connectivity index (χ4v) is 2.64. The maximum Gasteiger partial charge on any atom is 0.122 e. The second kappa shape index (κ2) is 5.63. The number of pyridine rings is 1. The van der Waals surface area contributed by atoms with Crippen molar-refractivity contribution in [3.63, 3.8) is 0 Å². The van der Waals surface area contributed by atoms with Crippen LogP contribution in [-0.2, 0) is 13.0 Å². The third-order valence-electron chi connectivity index (χ3n) is 4.01. The van der Waals surface area contributed by atoms with E-state index in [1.54, 1.807) is 0 Å². The molecule has 3 nitrogen and oxygen atoms in total. The van der Waals surface area contributed by atoms with E-state index in [0.29, 0.717) is 6.04 Å². The second-order valence-electron chi connectivity index (χ2n) is 5.42. The largest absolute Gasteiger partial charge is 0.493 e. The van der Waals surface area contributed by atoms with Crippen molar-refractivity contribution in [1.29, 1.82) is 0 Å². The monoisotopic (exact) mass is 268 g/mol. The van der Waals surface area contributed by atoms with Gasteiger partial charge in [-0.05, 0) is 42.8 Å². The van der Waals surface area contributed by atoms with Gasteiger partial charge in [-0.2, -0.15) is 0 Å². The lowest BCUT2D eigenvalue weighted by atomic mass is 10.1. The number of hydrogen-bond acceptors (Lipinski definition) is 3. The van der Waals surface area contributed by atoms with Crippen molar-refractivity contribution < 1.29 is 4.74 Å². The molecule has 2 aromatic rings. The van der Waals surface area contributed by atoms with Gasteiger partial charge in [-0.1, -0.05) is 18.2 Å². The highest BCUT2D eigenvalue weighted by Gasteiger charge is 2.15. The van der Waals surface area contributed by atoms with E-state index < -0.39 is 0 Å². The lowest BCUT2D eigenvalue weighted by Gasteiger charge is -2.25. The molecule has 0 saturated heterocycles. The summed E-state index contributed by atoms with van der Waals surface area (Å²) in [6, 6.07) is 11.0. The van der Waals surface area contributed by atoms with E-state index in [0.717, 1.165) is 25.3 Å². The Labute approximate surface area is 120 Å². The summed E-state index contributed by atoms with van der Waals surface area (Å²) in [6.07, 6.45) is 4.79. The van der Waals surface area contributed by atoms with Gasteiger partial charge >= 0.3 is 0 Å². The first-order valence-corrected chi connectivity index (χ1v) is 7.09. The molecule has 0 amide bonds. The number of aromatic nitrogens is 1. The van der Waals surface area contributed by atoms with Crippen LogP contribution in [0.5, 0.6) is 5.75 Å². The molecule has 0 unspecified atom stereocenters. The summed E-state index contributed by atoms with van der Waals surface area (Å²) < 4.78 is 5.55. The van der Waals surface area contributed by atoms with Gasteiger partial charge in [0.25, 0.3) is 0 Å². The smallest absolute Gasteiger partial charge is 0.122 e. The molecule has 0 saturated carbocycles. The number of ether oxygens (including phenoxy) is 1. The van der Waals surface area contributed by atoms with Crippen molar-refractivity contribution in [3.05, 3.63) is 59.4 Å². The van der Waals surface area contributed by atoms with Crippen LogP contribution < -0.4 is 4.74 Å². The van der Waals surface area contributed by atoms with Crippen LogP contribution in [-0.4, -0.2) is 23.5 Å². The summed E-state index contributed by atoms with van der Waals surface area (Å²) in [4.78, 5) is 6.54. The summed E-state index contributed by atoms with van der Waals surface area (Å²) in [6.45, 7) is 3.97. The number of hydrogen-bond donors (Lipinski definition) is 0. The Bertz CT molecular complexity index is 583. The minimum atomic E-state index is 0.355. The van der Waals surface area contributed by atoms with Crippen LogP contribution in [0.15, 0.2) is 42.7 Å². The van der Waals surface area contributed by atoms with Crippen molar-refractivity contribution in [1.82, 2.24) is 9.88 Å². The maximum atomic E-state index is 5.55. The minimum absolute atomic E-state index is 0.355. The number of nitrogens with zero attached hydrogens (tertiary/aromatic N) is 2. The average Bonchev–Trinajstić information content (AvgIpc) is 2.95. The molecule has 1 aliphatic rings. The highest BCUT2D eigenvalue weighted by Crippen LogP contribution is 2.27. The van der Waals surface area contributed by atoms with Crippen molar-refractivity contribution in [2.75, 3.05) is 13.7 Å². The van der Waals surface area contributed by atoms with Crippen LogP contribution in [0.4, 0.5) is 0 Å². The molecule has 3 heteroatoms. The van der Waals surface area contributed by atoms with Gasteiger partial charge in [0.05, 0.1) is 6.61 Å². The zero-order valence-corrected chi connectivity index (χ0v) is 12.0. The molecule has 0 bridgehead atoms. The molecule has 2 heterocycles. The van der Waals surface area contributed by atoms with Crippen LogP contribution in [0.2, 0.25) is 0 Å². The number of benzene rings is 1. The van der Waals surface area contributed by atoms with Crippen molar-refractivity contribution in [3.8, 4) is 5.75 Å². The van der Waals surface area contributed by atoms with Crippen LogP contribution >= 0.6 is 0 Å². The van der Waals surface area contributed by atoms with Crippen molar-refractivity contribution >= 4 is 0 Å². The van der Waals surface area contributed by atoms with Gasteiger partial charge < -0.3 is 4.74 Å². The first-order chi connectivity index (χ1) is 9.74. The molecule has 0 N–H and O–H groups in total. The fraction of sp³-hybridized carbons (Fsp3) is 0.353. The second-order valence-corrected chi connectivity index (χ2v) is 5.42. The van der Waals surface area contributed by atoms with Gasteiger partial charge in [-0.25, -0.2) is 0 Å². The molecule has 1 aromatic heterocycles. The fourth-order valence-electron chi connectivity index (χ4n) is 2.64. The summed E-state index contributed by atoms with van der Waals surface area (Å²) >= 11 is 0. The van der Waals surface area contributed by atoms with E-state index in [9.17, 15) is 0 Å². The van der Waals surface area contributed by atoms with Gasteiger partial charge in [0.15, 0.2) is 0 Å². The zero-order chi connectivity index (χ0) is 13.9. The third-order valence-corrected chi connectivity index (χ3v) is 4.01. The Morgan fingerprint density at radius 1 is 1.35 bits per heavy atom. The minimum Gasteiger partial charge on any atom is -0.493 e. The molecule has 1 atom stereocenters. The van der Waals surface area contributed by atoms with Crippen LogP contribution in [0.25, 0.3) is 0 Å². The summed E-state index contributed by atoms with van der Waals surface area (Å²) in [5.41, 5.74) is 3.93. The predicted octanol–water partition coefficient (Wildman–Crippen LogP) is 3.21. The lowest BCUT2D eigenvalue weighted by Crippen LogP contribution is -2.22. The third kappa shape index (κ3) is 2.68. The molecule has 1 aliphatic heterocycles. The van der Waals surface area contributed by atoms with Gasteiger partial charge in [0.2, 0.25) is 0 Å². The highest BCUT2D eigenvalue weighted by atomic mass is 16.5. The first-order valence-electron chi connectivity index (χ1n) is 7.09. The number of rotatable bonds is 4. The Morgan fingerprint density at radius 2 is 2.25 bits per heavy atom. The van der Waals surface area contributed by atoms with Crippen LogP contribution in [0, 0.1) is 0 Å². The SMILES string of the molecule is C[C@@H](c1cccnc1)N(C)Cc1ccc2c(c1)CCO2. The summed E-state index contributed by atoms with van der Waals surface area (Å²) in [5.74, 6) is 1.05. The molecule has 1 aromatic carbocycles. The van der Waals surface area contributed by atoms with Gasteiger partial charge in [0.1, 0.15) is 5.75 Å². The molecular weight excluding hydrogens is 248 g/mol.